The Kier molecular flexibility index (Phi) is 7.22. The highest BCUT2D eigenvalue weighted by Gasteiger charge is 2.41. The molecule has 7 heteroatoms. The van der Waals surface area contributed by atoms with E-state index in [-0.39, 0.29) is 16.3 Å². The van der Waals surface area contributed by atoms with Crippen LogP contribution >= 0.6 is 23.2 Å². The molecule has 1 aliphatic heterocycles. The molecule has 2 amide bonds. The summed E-state index contributed by atoms with van der Waals surface area (Å²) in [6.45, 7) is 4.00. The molecule has 28 heavy (non-hydrogen) atoms. The summed E-state index contributed by atoms with van der Waals surface area (Å²) < 4.78 is 0. The molecule has 1 aliphatic carbocycles. The van der Waals surface area contributed by atoms with E-state index in [9.17, 15) is 14.4 Å². The van der Waals surface area contributed by atoms with E-state index in [0.717, 1.165) is 4.90 Å². The number of hydrogen-bond acceptors (Lipinski definition) is 4. The van der Waals surface area contributed by atoms with Crippen molar-refractivity contribution >= 4 is 40.8 Å². The van der Waals surface area contributed by atoms with Gasteiger partial charge < -0.3 is 4.90 Å². The minimum absolute atomic E-state index is 0.0444. The standard InChI is InChI=1S/C19H16Cl2N2O3.C2H6/c1-22(2)10-16(17(24)14-8-7-11(20)9-15(14)21)23-18(25)12-5-3-4-6-13(12)19(23)26;1-2/h3,5,7-10H,4,6H2,1-2H3;1-2H3/b16-10+;. The van der Waals surface area contributed by atoms with E-state index in [1.54, 1.807) is 25.1 Å². The third kappa shape index (κ3) is 4.21. The molecule has 2 aliphatic rings. The number of nitrogens with zero attached hydrogens (tertiary/aromatic N) is 2. The molecular formula is C21H22Cl2N2O3. The van der Waals surface area contributed by atoms with E-state index in [1.165, 1.54) is 24.4 Å². The van der Waals surface area contributed by atoms with Gasteiger partial charge >= 0.3 is 0 Å². The Labute approximate surface area is 174 Å². The Morgan fingerprint density at radius 3 is 2.39 bits per heavy atom. The highest BCUT2D eigenvalue weighted by Crippen LogP contribution is 2.33. The van der Waals surface area contributed by atoms with Crippen molar-refractivity contribution in [3.63, 3.8) is 0 Å². The van der Waals surface area contributed by atoms with Crippen LogP contribution in [0.3, 0.4) is 0 Å². The van der Waals surface area contributed by atoms with Crippen LogP contribution in [0, 0.1) is 0 Å². The quantitative estimate of drug-likeness (QED) is 0.405. The van der Waals surface area contributed by atoms with Crippen molar-refractivity contribution in [3.8, 4) is 0 Å². The fourth-order valence-electron chi connectivity index (χ4n) is 2.93. The first-order valence-electron chi connectivity index (χ1n) is 8.97. The van der Waals surface area contributed by atoms with Gasteiger partial charge in [-0.25, -0.2) is 4.90 Å². The van der Waals surface area contributed by atoms with Crippen LogP contribution in [0.5, 0.6) is 0 Å². The lowest BCUT2D eigenvalue weighted by Crippen LogP contribution is -2.35. The van der Waals surface area contributed by atoms with Crippen LogP contribution in [0.25, 0.3) is 0 Å². The van der Waals surface area contributed by atoms with Crippen LogP contribution in [0.2, 0.25) is 10.0 Å². The fourth-order valence-corrected chi connectivity index (χ4v) is 3.42. The van der Waals surface area contributed by atoms with Gasteiger partial charge in [0.25, 0.3) is 11.8 Å². The normalized spacial score (nSPS) is 16.1. The first-order chi connectivity index (χ1) is 13.3. The zero-order chi connectivity index (χ0) is 21.0. The van der Waals surface area contributed by atoms with E-state index >= 15 is 0 Å². The molecule has 0 radical (unpaired) electrons. The van der Waals surface area contributed by atoms with Crippen molar-refractivity contribution < 1.29 is 14.4 Å². The zero-order valence-electron chi connectivity index (χ0n) is 16.3. The Hall–Kier alpha value is -2.37. The number of Topliss-reactive ketones (excluding diaryl/α,β-unsaturated/α-hetero) is 1. The summed E-state index contributed by atoms with van der Waals surface area (Å²) in [7, 11) is 3.41. The van der Waals surface area contributed by atoms with Gasteiger partial charge in [-0.2, -0.15) is 0 Å². The number of halogens is 2. The monoisotopic (exact) mass is 420 g/mol. The van der Waals surface area contributed by atoms with E-state index in [2.05, 4.69) is 0 Å². The minimum Gasteiger partial charge on any atom is -0.382 e. The van der Waals surface area contributed by atoms with Crippen LogP contribution in [0.15, 0.2) is 53.4 Å². The lowest BCUT2D eigenvalue weighted by Gasteiger charge is -2.20. The lowest BCUT2D eigenvalue weighted by molar-refractivity contribution is -0.135. The van der Waals surface area contributed by atoms with Gasteiger partial charge in [0.05, 0.1) is 5.02 Å². The molecule has 1 aromatic carbocycles. The number of amides is 2. The van der Waals surface area contributed by atoms with E-state index < -0.39 is 17.6 Å². The summed E-state index contributed by atoms with van der Waals surface area (Å²) in [5, 5.41) is 0.546. The van der Waals surface area contributed by atoms with Gasteiger partial charge in [-0.3, -0.25) is 14.4 Å². The summed E-state index contributed by atoms with van der Waals surface area (Å²) in [5.41, 5.74) is 0.917. The van der Waals surface area contributed by atoms with Crippen molar-refractivity contribution in [1.29, 1.82) is 0 Å². The van der Waals surface area contributed by atoms with Gasteiger partial charge in [0.2, 0.25) is 5.78 Å². The molecule has 0 saturated carbocycles. The predicted octanol–water partition coefficient (Wildman–Crippen LogP) is 4.62. The molecule has 0 atom stereocenters. The smallest absolute Gasteiger partial charge is 0.265 e. The SMILES string of the molecule is CC.CN(C)/C=C(\C(=O)c1ccc(Cl)cc1Cl)N1C(=O)C2=C(CCC=C2)C1=O. The van der Waals surface area contributed by atoms with Crippen molar-refractivity contribution in [2.45, 2.75) is 26.7 Å². The minimum atomic E-state index is -0.522. The average molecular weight is 421 g/mol. The summed E-state index contributed by atoms with van der Waals surface area (Å²) in [6, 6.07) is 4.46. The number of allylic oxidation sites excluding steroid dienone is 2. The molecular weight excluding hydrogens is 399 g/mol. The third-order valence-electron chi connectivity index (χ3n) is 4.10. The van der Waals surface area contributed by atoms with E-state index in [4.69, 9.17) is 23.2 Å². The van der Waals surface area contributed by atoms with E-state index in [1.807, 2.05) is 19.9 Å². The second kappa shape index (κ2) is 9.22. The Bertz CT molecular complexity index is 914. The number of benzene rings is 1. The molecule has 5 nitrogen and oxygen atoms in total. The molecule has 0 spiro atoms. The van der Waals surface area contributed by atoms with Crippen molar-refractivity contribution in [2.75, 3.05) is 14.1 Å². The lowest BCUT2D eigenvalue weighted by atomic mass is 10.00. The maximum absolute atomic E-state index is 13.1. The molecule has 0 unspecified atom stereocenters. The number of imide groups is 1. The highest BCUT2D eigenvalue weighted by molar-refractivity contribution is 6.38. The Balaban J connectivity index is 0.00000136. The highest BCUT2D eigenvalue weighted by atomic mass is 35.5. The largest absolute Gasteiger partial charge is 0.382 e. The molecule has 0 N–H and O–H groups in total. The molecule has 3 rings (SSSR count). The molecule has 0 fully saturated rings. The van der Waals surface area contributed by atoms with Gasteiger partial charge in [-0.05, 0) is 31.0 Å². The second-order valence-electron chi connectivity index (χ2n) is 6.21. The van der Waals surface area contributed by atoms with Gasteiger partial charge in [-0.1, -0.05) is 49.2 Å². The zero-order valence-corrected chi connectivity index (χ0v) is 17.8. The summed E-state index contributed by atoms with van der Waals surface area (Å²) in [5.74, 6) is -1.47. The molecule has 1 aromatic rings. The first-order valence-corrected chi connectivity index (χ1v) is 9.73. The fraction of sp³-hybridized carbons (Fsp3) is 0.286. The number of carbonyl (C=O) groups is 3. The second-order valence-corrected chi connectivity index (χ2v) is 7.05. The summed E-state index contributed by atoms with van der Waals surface area (Å²) >= 11 is 12.0. The molecule has 0 bridgehead atoms. The summed E-state index contributed by atoms with van der Waals surface area (Å²) in [6.07, 6.45) is 6.12. The van der Waals surface area contributed by atoms with E-state index in [0.29, 0.717) is 29.0 Å². The van der Waals surface area contributed by atoms with Gasteiger partial charge in [-0.15, -0.1) is 0 Å². The number of carbonyl (C=O) groups excluding carboxylic acids is 3. The molecule has 148 valence electrons. The van der Waals surface area contributed by atoms with Gasteiger partial charge in [0.1, 0.15) is 5.70 Å². The summed E-state index contributed by atoms with van der Waals surface area (Å²) in [4.78, 5) is 41.2. The first kappa shape index (κ1) is 21.9. The van der Waals surface area contributed by atoms with Crippen LogP contribution in [-0.4, -0.2) is 41.5 Å². The van der Waals surface area contributed by atoms with Crippen molar-refractivity contribution in [3.05, 3.63) is 69.0 Å². The molecule has 0 aromatic heterocycles. The average Bonchev–Trinajstić information content (AvgIpc) is 2.92. The predicted molar refractivity (Wildman–Crippen MR) is 111 cm³/mol. The van der Waals surface area contributed by atoms with Gasteiger partial charge in [0.15, 0.2) is 0 Å². The van der Waals surface area contributed by atoms with Crippen molar-refractivity contribution in [1.82, 2.24) is 9.80 Å². The van der Waals surface area contributed by atoms with Crippen LogP contribution in [0.1, 0.15) is 37.0 Å². The topological polar surface area (TPSA) is 57.7 Å². The number of ketones is 1. The Morgan fingerprint density at radius 1 is 1.14 bits per heavy atom. The maximum Gasteiger partial charge on any atom is 0.265 e. The van der Waals surface area contributed by atoms with Crippen LogP contribution in [0.4, 0.5) is 0 Å². The number of hydrogen-bond donors (Lipinski definition) is 0. The molecule has 0 saturated heterocycles. The Morgan fingerprint density at radius 2 is 1.82 bits per heavy atom. The molecule has 1 heterocycles. The number of rotatable bonds is 4. The third-order valence-corrected chi connectivity index (χ3v) is 4.64. The van der Waals surface area contributed by atoms with Crippen LogP contribution in [-0.2, 0) is 9.59 Å². The maximum atomic E-state index is 13.1. The van der Waals surface area contributed by atoms with Crippen LogP contribution < -0.4 is 0 Å². The van der Waals surface area contributed by atoms with Gasteiger partial charge in [0, 0.05) is 42.0 Å². The van der Waals surface area contributed by atoms with Crippen molar-refractivity contribution in [2.24, 2.45) is 0 Å².